The zero-order valence-electron chi connectivity index (χ0n) is 17.6. The number of methoxy groups -OCH3 is 2. The summed E-state index contributed by atoms with van der Waals surface area (Å²) in [6.45, 7) is 3.45. The number of hydrogen-bond acceptors (Lipinski definition) is 7. The molecule has 12 heteroatoms. The van der Waals surface area contributed by atoms with Crippen molar-refractivity contribution in [2.75, 3.05) is 38.0 Å². The monoisotopic (exact) mass is 447 g/mol. The number of amides is 1. The number of nitrogens with one attached hydrogen (secondary N) is 2. The molecule has 0 bridgehead atoms. The van der Waals surface area contributed by atoms with Crippen LogP contribution >= 0.6 is 0 Å². The number of aromatic nitrogens is 2. The molecule has 1 aliphatic rings. The highest BCUT2D eigenvalue weighted by Crippen LogP contribution is 2.45. The lowest BCUT2D eigenvalue weighted by molar-refractivity contribution is -0.137. The van der Waals surface area contributed by atoms with E-state index in [0.717, 1.165) is 6.08 Å². The van der Waals surface area contributed by atoms with E-state index in [-0.39, 0.29) is 42.6 Å². The summed E-state index contributed by atoms with van der Waals surface area (Å²) in [5, 5.41) is 5.33. The number of nitrogens with two attached hydrogens (primary N) is 1. The smallest absolute Gasteiger partial charge is 0.421 e. The number of alkyl halides is 4. The average molecular weight is 447 g/mol. The van der Waals surface area contributed by atoms with Gasteiger partial charge in [-0.2, -0.15) is 18.2 Å². The zero-order chi connectivity index (χ0) is 23.4. The van der Waals surface area contributed by atoms with Crippen LogP contribution in [-0.2, 0) is 20.4 Å². The number of hydrogen-bond donors (Lipinski definition) is 3. The Bertz CT molecular complexity index is 888. The number of rotatable bonds is 9. The van der Waals surface area contributed by atoms with Gasteiger partial charge in [0.2, 0.25) is 11.9 Å². The van der Waals surface area contributed by atoms with E-state index in [1.807, 2.05) is 0 Å². The summed E-state index contributed by atoms with van der Waals surface area (Å²) >= 11 is 0. The van der Waals surface area contributed by atoms with Gasteiger partial charge < -0.3 is 25.8 Å². The number of anilines is 2. The maximum absolute atomic E-state index is 15.4. The van der Waals surface area contributed by atoms with E-state index < -0.39 is 35.1 Å². The Kier molecular flexibility index (Phi) is 7.47. The van der Waals surface area contributed by atoms with Crippen LogP contribution < -0.4 is 16.4 Å². The number of carbonyl (C=O) groups is 1. The van der Waals surface area contributed by atoms with Gasteiger partial charge in [-0.25, -0.2) is 9.37 Å². The highest BCUT2D eigenvalue weighted by Gasteiger charge is 2.47. The van der Waals surface area contributed by atoms with Crippen molar-refractivity contribution in [2.24, 2.45) is 11.1 Å². The predicted octanol–water partition coefficient (Wildman–Crippen LogP) is 3.00. The van der Waals surface area contributed by atoms with Gasteiger partial charge in [-0.1, -0.05) is 6.92 Å². The minimum Gasteiger partial charge on any atom is -0.495 e. The van der Waals surface area contributed by atoms with E-state index in [1.165, 1.54) is 21.1 Å². The molecule has 0 aromatic carbocycles. The highest BCUT2D eigenvalue weighted by atomic mass is 19.4. The Hall–Kier alpha value is -2.89. The van der Waals surface area contributed by atoms with Crippen LogP contribution in [0.1, 0.15) is 25.8 Å². The first-order valence-corrected chi connectivity index (χ1v) is 9.37. The standard InChI is InChI=1S/C19H25F4N5O3/c1-5-25-16-11(19(21,22)23)9-26-17(28-16)27-14-12(31-4)8-10(15(24)29)13(20)18(14,2)6-7-30-3/h8-9,13H,5-7H2,1-4H3,(H2,24,29)(H2,25,26,27,28). The van der Waals surface area contributed by atoms with Gasteiger partial charge >= 0.3 is 6.18 Å². The molecule has 1 amide bonds. The van der Waals surface area contributed by atoms with Crippen LogP contribution in [0.5, 0.6) is 0 Å². The molecule has 4 N–H and O–H groups in total. The van der Waals surface area contributed by atoms with Gasteiger partial charge in [0.25, 0.3) is 0 Å². The lowest BCUT2D eigenvalue weighted by atomic mass is 9.72. The summed E-state index contributed by atoms with van der Waals surface area (Å²) in [7, 11) is 2.74. The van der Waals surface area contributed by atoms with E-state index in [1.54, 1.807) is 6.92 Å². The first-order valence-electron chi connectivity index (χ1n) is 9.37. The van der Waals surface area contributed by atoms with E-state index in [9.17, 15) is 18.0 Å². The largest absolute Gasteiger partial charge is 0.495 e. The topological polar surface area (TPSA) is 111 Å². The van der Waals surface area contributed by atoms with Gasteiger partial charge in [-0.3, -0.25) is 4.79 Å². The third kappa shape index (κ3) is 5.06. The number of carbonyl (C=O) groups excluding carboxylic acids is 1. The van der Waals surface area contributed by atoms with Crippen molar-refractivity contribution in [1.29, 1.82) is 0 Å². The molecular formula is C19H25F4N5O3. The summed E-state index contributed by atoms with van der Waals surface area (Å²) in [6.07, 6.45) is -4.60. The van der Waals surface area contributed by atoms with Crippen LogP contribution in [-0.4, -0.2) is 49.4 Å². The molecule has 172 valence electrons. The van der Waals surface area contributed by atoms with Gasteiger partial charge in [0.15, 0.2) is 0 Å². The van der Waals surface area contributed by atoms with Gasteiger partial charge in [0.1, 0.15) is 23.3 Å². The van der Waals surface area contributed by atoms with Gasteiger partial charge in [-0.05, 0) is 19.4 Å². The number of primary amides is 1. The average Bonchev–Trinajstić information content (AvgIpc) is 2.69. The third-order valence-corrected chi connectivity index (χ3v) is 4.94. The molecule has 8 nitrogen and oxygen atoms in total. The van der Waals surface area contributed by atoms with Crippen molar-refractivity contribution < 1.29 is 31.8 Å². The van der Waals surface area contributed by atoms with Crippen LogP contribution in [0.25, 0.3) is 0 Å². The number of nitrogens with zero attached hydrogens (tertiary/aromatic N) is 2. The van der Waals surface area contributed by atoms with Crippen molar-refractivity contribution >= 4 is 17.7 Å². The molecule has 31 heavy (non-hydrogen) atoms. The molecule has 2 unspecified atom stereocenters. The van der Waals surface area contributed by atoms with Crippen LogP contribution in [0.2, 0.25) is 0 Å². The molecule has 1 aliphatic carbocycles. The highest BCUT2D eigenvalue weighted by molar-refractivity contribution is 5.94. The first kappa shape index (κ1) is 24.4. The Morgan fingerprint density at radius 1 is 1.35 bits per heavy atom. The fourth-order valence-electron chi connectivity index (χ4n) is 3.23. The first-order chi connectivity index (χ1) is 14.5. The van der Waals surface area contributed by atoms with Crippen molar-refractivity contribution in [3.63, 3.8) is 0 Å². The molecule has 0 saturated heterocycles. The number of ether oxygens (including phenoxy) is 2. The van der Waals surface area contributed by atoms with Crippen molar-refractivity contribution in [3.8, 4) is 0 Å². The summed E-state index contributed by atoms with van der Waals surface area (Å²) in [6, 6.07) is 0. The molecule has 0 radical (unpaired) electrons. The lowest BCUT2D eigenvalue weighted by Gasteiger charge is -2.39. The van der Waals surface area contributed by atoms with Crippen molar-refractivity contribution in [3.05, 3.63) is 34.9 Å². The molecule has 1 aromatic rings. The third-order valence-electron chi connectivity index (χ3n) is 4.94. The molecule has 2 atom stereocenters. The second kappa shape index (κ2) is 9.50. The molecule has 1 heterocycles. The molecule has 2 rings (SSSR count). The zero-order valence-corrected chi connectivity index (χ0v) is 17.6. The fraction of sp³-hybridized carbons (Fsp3) is 0.526. The number of allylic oxidation sites excluding steroid dienone is 2. The Balaban J connectivity index is 2.59. The predicted molar refractivity (Wildman–Crippen MR) is 106 cm³/mol. The van der Waals surface area contributed by atoms with E-state index >= 15 is 4.39 Å². The fourth-order valence-corrected chi connectivity index (χ4v) is 3.23. The van der Waals surface area contributed by atoms with E-state index in [4.69, 9.17) is 15.2 Å². The Morgan fingerprint density at radius 2 is 2.03 bits per heavy atom. The summed E-state index contributed by atoms with van der Waals surface area (Å²) in [5.74, 6) is -1.51. The molecule has 0 saturated carbocycles. The van der Waals surface area contributed by atoms with E-state index in [2.05, 4.69) is 20.6 Å². The molecule has 0 spiro atoms. The van der Waals surface area contributed by atoms with Gasteiger partial charge in [0.05, 0.1) is 18.4 Å². The molecule has 0 aliphatic heterocycles. The van der Waals surface area contributed by atoms with E-state index in [0.29, 0.717) is 6.20 Å². The maximum Gasteiger partial charge on any atom is 0.421 e. The van der Waals surface area contributed by atoms with Crippen LogP contribution in [0.4, 0.5) is 29.3 Å². The van der Waals surface area contributed by atoms with Crippen LogP contribution in [0.3, 0.4) is 0 Å². The summed E-state index contributed by atoms with van der Waals surface area (Å²) in [4.78, 5) is 19.4. The molecule has 1 aromatic heterocycles. The van der Waals surface area contributed by atoms with Crippen molar-refractivity contribution in [1.82, 2.24) is 9.97 Å². The molecular weight excluding hydrogens is 422 g/mol. The van der Waals surface area contributed by atoms with Crippen LogP contribution in [0, 0.1) is 5.41 Å². The molecule has 0 fully saturated rings. The van der Waals surface area contributed by atoms with Crippen LogP contribution in [0.15, 0.2) is 29.3 Å². The quantitative estimate of drug-likeness (QED) is 0.499. The Labute approximate surface area is 176 Å². The Morgan fingerprint density at radius 3 is 2.55 bits per heavy atom. The number of halogens is 4. The lowest BCUT2D eigenvalue weighted by Crippen LogP contribution is -2.43. The summed E-state index contributed by atoms with van der Waals surface area (Å²) < 4.78 is 65.5. The second-order valence-corrected chi connectivity index (χ2v) is 7.04. The minimum atomic E-state index is -4.66. The second-order valence-electron chi connectivity index (χ2n) is 7.04. The van der Waals surface area contributed by atoms with Gasteiger partial charge in [-0.15, -0.1) is 0 Å². The van der Waals surface area contributed by atoms with Crippen molar-refractivity contribution in [2.45, 2.75) is 32.6 Å². The maximum atomic E-state index is 15.4. The van der Waals surface area contributed by atoms with Gasteiger partial charge in [0, 0.05) is 31.9 Å². The normalized spacial score (nSPS) is 21.5. The minimum absolute atomic E-state index is 0.0785. The summed E-state index contributed by atoms with van der Waals surface area (Å²) in [5.41, 5.74) is 2.75. The SMILES string of the molecule is CCNc1nc(NC2=C(OC)C=C(C(N)=O)C(F)C2(C)CCOC)ncc1C(F)(F)F.